The van der Waals surface area contributed by atoms with Gasteiger partial charge in [0.15, 0.2) is 5.69 Å². The molecule has 0 aromatic carbocycles. The van der Waals surface area contributed by atoms with Crippen molar-refractivity contribution in [1.82, 2.24) is 8.96 Å². The molecule has 2 rings (SSSR count). The summed E-state index contributed by atoms with van der Waals surface area (Å²) >= 11 is 1.50. The summed E-state index contributed by atoms with van der Waals surface area (Å²) in [5.74, 6) is 0.897. The molecule has 0 amide bonds. The Bertz CT molecular complexity index is 308. The second kappa shape index (κ2) is 2.27. The molecule has 1 N–H and O–H groups in total. The fourth-order valence-electron chi connectivity index (χ4n) is 1.06. The molecule has 1 aliphatic heterocycles. The number of carboxylic acids is 1. The Hall–Kier alpha value is -0.970. The first-order chi connectivity index (χ1) is 5.29. The zero-order chi connectivity index (χ0) is 7.84. The molecule has 1 aliphatic rings. The van der Waals surface area contributed by atoms with E-state index in [1.165, 1.54) is 18.1 Å². The summed E-state index contributed by atoms with van der Waals surface area (Å²) in [5.41, 5.74) is 0.280. The van der Waals surface area contributed by atoms with Crippen LogP contribution in [-0.2, 0) is 6.42 Å². The largest absolute Gasteiger partial charge is 0.476 e. The number of imidazole rings is 1. The predicted octanol–water partition coefficient (Wildman–Crippen LogP) is 0.634. The van der Waals surface area contributed by atoms with Gasteiger partial charge in [0, 0.05) is 12.2 Å². The summed E-state index contributed by atoms with van der Waals surface area (Å²) in [5, 5.41) is 8.66. The van der Waals surface area contributed by atoms with Crippen molar-refractivity contribution in [2.75, 3.05) is 5.75 Å². The molecule has 4 nitrogen and oxygen atoms in total. The van der Waals surface area contributed by atoms with Gasteiger partial charge in [0.05, 0.1) is 6.20 Å². The third-order valence-corrected chi connectivity index (χ3v) is 2.61. The smallest absolute Gasteiger partial charge is 0.355 e. The number of rotatable bonds is 1. The summed E-state index contributed by atoms with van der Waals surface area (Å²) in [7, 11) is 0. The number of aromatic carboxylic acids is 1. The van der Waals surface area contributed by atoms with Gasteiger partial charge in [0.1, 0.15) is 5.82 Å². The van der Waals surface area contributed by atoms with E-state index in [1.54, 1.807) is 3.97 Å². The molecule has 0 aliphatic carbocycles. The van der Waals surface area contributed by atoms with E-state index in [-0.39, 0.29) is 5.69 Å². The molecule has 0 radical (unpaired) electrons. The fraction of sp³-hybridized carbons (Fsp3) is 0.333. The van der Waals surface area contributed by atoms with Crippen LogP contribution in [0.15, 0.2) is 6.20 Å². The molecular weight excluding hydrogens is 164 g/mol. The Morgan fingerprint density at radius 3 is 3.36 bits per heavy atom. The lowest BCUT2D eigenvalue weighted by atomic mass is 10.5. The van der Waals surface area contributed by atoms with Gasteiger partial charge in [-0.05, 0) is 11.9 Å². The summed E-state index contributed by atoms with van der Waals surface area (Å²) in [4.78, 5) is 14.5. The van der Waals surface area contributed by atoms with Crippen LogP contribution in [0.1, 0.15) is 16.3 Å². The first kappa shape index (κ1) is 6.72. The minimum atomic E-state index is -0.904. The SMILES string of the molecule is O=C(O)c1cnc2n1SCC2. The Morgan fingerprint density at radius 1 is 1.82 bits per heavy atom. The molecule has 0 fully saturated rings. The highest BCUT2D eigenvalue weighted by Crippen LogP contribution is 2.22. The van der Waals surface area contributed by atoms with Crippen LogP contribution in [0.3, 0.4) is 0 Å². The normalized spacial score (nSPS) is 14.9. The number of hydrogen-bond donors (Lipinski definition) is 1. The van der Waals surface area contributed by atoms with E-state index in [0.29, 0.717) is 0 Å². The molecule has 1 aromatic rings. The first-order valence-electron chi connectivity index (χ1n) is 3.22. The third-order valence-electron chi connectivity index (χ3n) is 1.55. The quantitative estimate of drug-likeness (QED) is 0.671. The number of aromatic nitrogens is 2. The molecule has 0 spiro atoms. The van der Waals surface area contributed by atoms with Gasteiger partial charge in [-0.15, -0.1) is 0 Å². The Morgan fingerprint density at radius 2 is 2.64 bits per heavy atom. The van der Waals surface area contributed by atoms with E-state index in [0.717, 1.165) is 18.0 Å². The van der Waals surface area contributed by atoms with Crippen LogP contribution in [0.4, 0.5) is 0 Å². The average molecular weight is 170 g/mol. The minimum absolute atomic E-state index is 0.280. The van der Waals surface area contributed by atoms with Crippen LogP contribution in [0.2, 0.25) is 0 Å². The van der Waals surface area contributed by atoms with E-state index in [2.05, 4.69) is 4.98 Å². The Kier molecular flexibility index (Phi) is 1.38. The van der Waals surface area contributed by atoms with E-state index in [9.17, 15) is 4.79 Å². The van der Waals surface area contributed by atoms with Crippen LogP contribution in [0.25, 0.3) is 0 Å². The van der Waals surface area contributed by atoms with Crippen LogP contribution in [0, 0.1) is 0 Å². The van der Waals surface area contributed by atoms with Crippen molar-refractivity contribution < 1.29 is 9.90 Å². The van der Waals surface area contributed by atoms with Crippen LogP contribution in [0.5, 0.6) is 0 Å². The van der Waals surface area contributed by atoms with Crippen LogP contribution in [-0.4, -0.2) is 25.8 Å². The molecular formula is C6H6N2O2S. The second-order valence-corrected chi connectivity index (χ2v) is 3.27. The van der Waals surface area contributed by atoms with Crippen molar-refractivity contribution in [3.8, 4) is 0 Å². The maximum atomic E-state index is 10.5. The summed E-state index contributed by atoms with van der Waals surface area (Å²) in [6.45, 7) is 0. The number of fused-ring (bicyclic) bond motifs is 1. The predicted molar refractivity (Wildman–Crippen MR) is 40.7 cm³/mol. The highest BCUT2D eigenvalue weighted by molar-refractivity contribution is 7.98. The van der Waals surface area contributed by atoms with Gasteiger partial charge in [0.2, 0.25) is 0 Å². The number of carbonyl (C=O) groups is 1. The van der Waals surface area contributed by atoms with E-state index in [4.69, 9.17) is 5.11 Å². The molecule has 58 valence electrons. The van der Waals surface area contributed by atoms with Gasteiger partial charge in [-0.3, -0.25) is 3.97 Å². The number of hydrogen-bond acceptors (Lipinski definition) is 3. The van der Waals surface area contributed by atoms with Crippen molar-refractivity contribution in [1.29, 1.82) is 0 Å². The van der Waals surface area contributed by atoms with Crippen molar-refractivity contribution in [3.05, 3.63) is 17.7 Å². The molecule has 2 heterocycles. The van der Waals surface area contributed by atoms with E-state index >= 15 is 0 Å². The lowest BCUT2D eigenvalue weighted by Crippen LogP contribution is -2.01. The lowest BCUT2D eigenvalue weighted by molar-refractivity contribution is 0.0690. The van der Waals surface area contributed by atoms with E-state index in [1.807, 2.05) is 0 Å². The van der Waals surface area contributed by atoms with Gasteiger partial charge in [-0.2, -0.15) is 0 Å². The Balaban J connectivity index is 2.50. The number of nitrogens with zero attached hydrogens (tertiary/aromatic N) is 2. The summed E-state index contributed by atoms with van der Waals surface area (Å²) in [6.07, 6.45) is 2.28. The zero-order valence-corrected chi connectivity index (χ0v) is 6.47. The average Bonchev–Trinajstić information content (AvgIpc) is 2.41. The molecule has 0 atom stereocenters. The van der Waals surface area contributed by atoms with E-state index < -0.39 is 5.97 Å². The molecule has 11 heavy (non-hydrogen) atoms. The van der Waals surface area contributed by atoms with Gasteiger partial charge in [-0.1, -0.05) is 0 Å². The molecule has 0 unspecified atom stereocenters. The van der Waals surface area contributed by atoms with Crippen molar-refractivity contribution >= 4 is 17.9 Å². The summed E-state index contributed by atoms with van der Waals surface area (Å²) in [6, 6.07) is 0. The minimum Gasteiger partial charge on any atom is -0.476 e. The highest BCUT2D eigenvalue weighted by Gasteiger charge is 2.19. The molecule has 1 aromatic heterocycles. The van der Waals surface area contributed by atoms with Gasteiger partial charge in [0.25, 0.3) is 0 Å². The highest BCUT2D eigenvalue weighted by atomic mass is 32.2. The lowest BCUT2D eigenvalue weighted by Gasteiger charge is -1.95. The van der Waals surface area contributed by atoms with Gasteiger partial charge >= 0.3 is 5.97 Å². The maximum Gasteiger partial charge on any atom is 0.355 e. The number of carboxylic acid groups (broad SMARTS) is 1. The standard InChI is InChI=1S/C6H6N2O2S/c9-6(10)4-3-7-5-1-2-11-8(4)5/h3H,1-2H2,(H,9,10). The van der Waals surface area contributed by atoms with Crippen LogP contribution < -0.4 is 0 Å². The van der Waals surface area contributed by atoms with Crippen LogP contribution >= 0.6 is 11.9 Å². The Labute approximate surface area is 67.4 Å². The molecule has 0 saturated heterocycles. The maximum absolute atomic E-state index is 10.5. The van der Waals surface area contributed by atoms with Crippen molar-refractivity contribution in [2.45, 2.75) is 6.42 Å². The van der Waals surface area contributed by atoms with Crippen molar-refractivity contribution in [2.24, 2.45) is 0 Å². The topological polar surface area (TPSA) is 55.1 Å². The monoisotopic (exact) mass is 170 g/mol. The first-order valence-corrected chi connectivity index (χ1v) is 4.16. The third kappa shape index (κ3) is 0.920. The fourth-order valence-corrected chi connectivity index (χ4v) is 2.07. The molecule has 0 bridgehead atoms. The van der Waals surface area contributed by atoms with Crippen molar-refractivity contribution in [3.63, 3.8) is 0 Å². The van der Waals surface area contributed by atoms with Gasteiger partial charge in [-0.25, -0.2) is 9.78 Å². The molecule has 5 heteroatoms. The number of aryl methyl sites for hydroxylation is 1. The molecule has 0 saturated carbocycles. The zero-order valence-electron chi connectivity index (χ0n) is 5.65. The second-order valence-electron chi connectivity index (χ2n) is 2.24. The van der Waals surface area contributed by atoms with Gasteiger partial charge < -0.3 is 5.11 Å². The summed E-state index contributed by atoms with van der Waals surface area (Å²) < 4.78 is 1.68.